The Morgan fingerprint density at radius 1 is 0.812 bits per heavy atom. The maximum absolute atomic E-state index is 12.8. The van der Waals surface area contributed by atoms with Crippen molar-refractivity contribution < 1.29 is 27.6 Å². The van der Waals surface area contributed by atoms with E-state index in [2.05, 4.69) is 30.9 Å². The van der Waals surface area contributed by atoms with Gasteiger partial charge in [0.1, 0.15) is 26.7 Å². The lowest BCUT2D eigenvalue weighted by atomic mass is 10.0. The van der Waals surface area contributed by atoms with Crippen molar-refractivity contribution in [3.8, 4) is 11.4 Å². The zero-order valence-corrected chi connectivity index (χ0v) is 29.6. The highest BCUT2D eigenvalue weighted by molar-refractivity contribution is 8.76. The van der Waals surface area contributed by atoms with Crippen LogP contribution >= 0.6 is 21.6 Å². The molecule has 3 aromatic heterocycles. The van der Waals surface area contributed by atoms with Crippen LogP contribution in [-0.4, -0.2) is 83.8 Å². The maximum atomic E-state index is 12.8. The lowest BCUT2D eigenvalue weighted by Crippen LogP contribution is -2.50. The molecule has 0 radical (unpaired) electrons. The molecule has 3 aromatic rings. The van der Waals surface area contributed by atoms with Crippen molar-refractivity contribution >= 4 is 54.9 Å². The van der Waals surface area contributed by atoms with E-state index in [-0.39, 0.29) is 43.9 Å². The number of rotatable bonds is 21. The number of Topliss-reactive ketones (excluding diaryl/α,β-unsaturated/α-hetero) is 1. The van der Waals surface area contributed by atoms with Gasteiger partial charge in [0, 0.05) is 69.4 Å². The Morgan fingerprint density at radius 3 is 2.29 bits per heavy atom. The summed E-state index contributed by atoms with van der Waals surface area (Å²) in [5, 5.41) is 8.92. The van der Waals surface area contributed by atoms with Crippen molar-refractivity contribution in [2.24, 2.45) is 0 Å². The first-order chi connectivity index (χ1) is 23.0. The second-order valence-corrected chi connectivity index (χ2v) is 15.8. The van der Waals surface area contributed by atoms with Crippen LogP contribution in [0.15, 0.2) is 66.1 Å². The van der Waals surface area contributed by atoms with E-state index in [1.165, 1.54) is 0 Å². The highest BCUT2D eigenvalue weighted by Crippen LogP contribution is 2.28. The Hall–Kier alpha value is -3.82. The summed E-state index contributed by atoms with van der Waals surface area (Å²) >= 11 is 0. The van der Waals surface area contributed by atoms with E-state index in [4.69, 9.17) is 0 Å². The molecule has 15 heteroatoms. The van der Waals surface area contributed by atoms with Gasteiger partial charge in [-0.2, -0.15) is 0 Å². The predicted octanol–water partition coefficient (Wildman–Crippen LogP) is 3.50. The molecule has 0 saturated carbocycles. The first-order valence-corrected chi connectivity index (χ1v) is 20.0. The Balaban J connectivity index is 1.32. The molecule has 0 spiro atoms. The summed E-state index contributed by atoms with van der Waals surface area (Å²) < 4.78 is 23.9. The van der Waals surface area contributed by atoms with Gasteiger partial charge in [0.05, 0.1) is 17.1 Å². The summed E-state index contributed by atoms with van der Waals surface area (Å²) in [7, 11) is -0.437. The van der Waals surface area contributed by atoms with Crippen molar-refractivity contribution in [2.75, 3.05) is 30.9 Å². The van der Waals surface area contributed by atoms with Gasteiger partial charge in [-0.05, 0) is 84.5 Å². The number of amides is 3. The van der Waals surface area contributed by atoms with Crippen molar-refractivity contribution in [2.45, 2.75) is 62.9 Å². The van der Waals surface area contributed by atoms with E-state index in [0.29, 0.717) is 31.5 Å². The number of ketones is 1. The van der Waals surface area contributed by atoms with E-state index >= 15 is 0 Å². The first-order valence-electron chi connectivity index (χ1n) is 15.6. The zero-order valence-electron chi connectivity index (χ0n) is 27.1. The first kappa shape index (κ1) is 38.6. The molecule has 0 saturated heterocycles. The number of hydrogen-bond acceptors (Lipinski definition) is 11. The van der Waals surface area contributed by atoms with Crippen molar-refractivity contribution in [3.63, 3.8) is 0 Å². The second-order valence-electron chi connectivity index (χ2n) is 11.2. The van der Waals surface area contributed by atoms with Gasteiger partial charge in [-0.3, -0.25) is 29.1 Å². The molecule has 3 N–H and O–H groups in total. The van der Waals surface area contributed by atoms with Crippen LogP contribution in [0.25, 0.3) is 11.4 Å². The van der Waals surface area contributed by atoms with Crippen LogP contribution in [0.4, 0.5) is 0 Å². The van der Waals surface area contributed by atoms with Crippen molar-refractivity contribution in [3.05, 3.63) is 72.2 Å². The van der Waals surface area contributed by atoms with E-state index in [1.807, 2.05) is 43.3 Å². The molecule has 48 heavy (non-hydrogen) atoms. The summed E-state index contributed by atoms with van der Waals surface area (Å²) in [5.41, 5.74) is 3.22. The lowest BCUT2D eigenvalue weighted by Gasteiger charge is -2.18. The summed E-state index contributed by atoms with van der Waals surface area (Å²) in [6.45, 7) is 2.72. The summed E-state index contributed by atoms with van der Waals surface area (Å²) in [6, 6.07) is 11.8. The molecular formula is C33H42N6O6S3. The molecule has 258 valence electrons. The standard InChI is InChI=1S/C33H42N6O6S3/c1-24-12-16-34-27(20-24)28-22-25(13-17-35-28)21-26(40)8-7-10-31(42)39-29(23-48(2,44)45)33(43)38-15-5-3-9-30(41)36-18-19-46-47-32-11-4-6-14-37-32/h4,6,11-14,16-17,20,22,29H,3,5,7-10,15,18-19,21,23H2,1-2H3,(H,36,41)(H,38,43)(H,39,42). The maximum Gasteiger partial charge on any atom is 0.243 e. The highest BCUT2D eigenvalue weighted by atomic mass is 33.1. The third-order valence-electron chi connectivity index (χ3n) is 6.80. The van der Waals surface area contributed by atoms with Crippen LogP contribution in [0.5, 0.6) is 0 Å². The fourth-order valence-electron chi connectivity index (χ4n) is 4.48. The van der Waals surface area contributed by atoms with E-state index < -0.39 is 33.4 Å². The quantitative estimate of drug-likeness (QED) is 0.109. The average molecular weight is 715 g/mol. The summed E-state index contributed by atoms with van der Waals surface area (Å²) in [5.74, 6) is -1.11. The van der Waals surface area contributed by atoms with Gasteiger partial charge in [0.25, 0.3) is 0 Å². The molecule has 1 unspecified atom stereocenters. The topological polar surface area (TPSA) is 177 Å². The fourth-order valence-corrected chi connectivity index (χ4v) is 7.10. The normalized spacial score (nSPS) is 11.8. The molecule has 0 bridgehead atoms. The predicted molar refractivity (Wildman–Crippen MR) is 189 cm³/mol. The Labute approximate surface area is 289 Å². The average Bonchev–Trinajstić information content (AvgIpc) is 3.04. The molecule has 3 rings (SSSR count). The zero-order chi connectivity index (χ0) is 34.8. The Morgan fingerprint density at radius 2 is 1.56 bits per heavy atom. The van der Waals surface area contributed by atoms with Gasteiger partial charge in [0.2, 0.25) is 17.7 Å². The molecule has 12 nitrogen and oxygen atoms in total. The number of carbonyl (C=O) groups excluding carboxylic acids is 4. The third kappa shape index (κ3) is 15.8. The largest absolute Gasteiger partial charge is 0.355 e. The number of sulfone groups is 1. The van der Waals surface area contributed by atoms with E-state index in [9.17, 15) is 27.6 Å². The minimum atomic E-state index is -3.58. The molecule has 0 aliphatic carbocycles. The molecule has 1 atom stereocenters. The molecule has 3 amide bonds. The molecule has 0 aliphatic heterocycles. The minimum Gasteiger partial charge on any atom is -0.355 e. The van der Waals surface area contributed by atoms with Crippen LogP contribution in [0.2, 0.25) is 0 Å². The van der Waals surface area contributed by atoms with Crippen LogP contribution in [0.1, 0.15) is 49.7 Å². The van der Waals surface area contributed by atoms with Gasteiger partial charge in [-0.15, -0.1) is 0 Å². The monoisotopic (exact) mass is 714 g/mol. The number of hydrogen-bond donors (Lipinski definition) is 3. The van der Waals surface area contributed by atoms with E-state index in [1.54, 1.807) is 46.2 Å². The second kappa shape index (κ2) is 20.5. The summed E-state index contributed by atoms with van der Waals surface area (Å²) in [6.07, 6.45) is 7.92. The van der Waals surface area contributed by atoms with Crippen molar-refractivity contribution in [1.82, 2.24) is 30.9 Å². The number of nitrogens with zero attached hydrogens (tertiary/aromatic N) is 3. The van der Waals surface area contributed by atoms with Gasteiger partial charge in [0.15, 0.2) is 0 Å². The smallest absolute Gasteiger partial charge is 0.243 e. The van der Waals surface area contributed by atoms with Gasteiger partial charge < -0.3 is 16.0 Å². The van der Waals surface area contributed by atoms with Crippen molar-refractivity contribution in [1.29, 1.82) is 0 Å². The summed E-state index contributed by atoms with van der Waals surface area (Å²) in [4.78, 5) is 63.0. The fraction of sp³-hybridized carbons (Fsp3) is 0.424. The number of unbranched alkanes of at least 4 members (excludes halogenated alkanes) is 1. The molecule has 0 aliphatic rings. The highest BCUT2D eigenvalue weighted by Gasteiger charge is 2.25. The number of aryl methyl sites for hydroxylation is 1. The van der Waals surface area contributed by atoms with Gasteiger partial charge >= 0.3 is 0 Å². The minimum absolute atomic E-state index is 0.0382. The third-order valence-corrected chi connectivity index (χ3v) is 10.0. The molecular weight excluding hydrogens is 673 g/mol. The number of nitrogens with one attached hydrogen (secondary N) is 3. The molecule has 3 heterocycles. The van der Waals surface area contributed by atoms with Gasteiger partial charge in [-0.25, -0.2) is 13.4 Å². The molecule has 0 fully saturated rings. The lowest BCUT2D eigenvalue weighted by molar-refractivity contribution is -0.128. The van der Waals surface area contributed by atoms with Gasteiger partial charge in [-0.1, -0.05) is 16.9 Å². The Bertz CT molecular complexity index is 1620. The van der Waals surface area contributed by atoms with Crippen LogP contribution in [0.3, 0.4) is 0 Å². The van der Waals surface area contributed by atoms with E-state index in [0.717, 1.165) is 33.9 Å². The van der Waals surface area contributed by atoms with Crippen LogP contribution in [-0.2, 0) is 35.4 Å². The Kier molecular flexibility index (Phi) is 16.5. The van der Waals surface area contributed by atoms with Crippen LogP contribution < -0.4 is 16.0 Å². The molecule has 0 aromatic carbocycles. The SMILES string of the molecule is Cc1ccnc(-c2cc(CC(=O)CCCC(=O)NC(CS(C)(=O)=O)C(=O)NCCCCC(=O)NCCSSc3ccccn3)ccn2)c1. The number of aromatic nitrogens is 3. The number of pyridine rings is 3. The number of carbonyl (C=O) groups is 4. The van der Waals surface area contributed by atoms with Crippen LogP contribution in [0, 0.1) is 6.92 Å².